The van der Waals surface area contributed by atoms with Crippen molar-refractivity contribution in [3.8, 4) is 34.4 Å². The third kappa shape index (κ3) is 7.81. The van der Waals surface area contributed by atoms with Gasteiger partial charge in [0.15, 0.2) is 0 Å². The van der Waals surface area contributed by atoms with E-state index in [0.29, 0.717) is 11.9 Å². The fourth-order valence-corrected chi connectivity index (χ4v) is 13.1. The minimum atomic E-state index is -0.342. The Morgan fingerprint density at radius 3 is 1.37 bits per heavy atom. The fraction of sp³-hybridized carbons (Fsp3) is 0.160. The van der Waals surface area contributed by atoms with Gasteiger partial charge in [-0.1, -0.05) is 189 Å². The smallest absolute Gasteiger partial charge is 0.239 e. The van der Waals surface area contributed by atoms with Gasteiger partial charge in [0.1, 0.15) is 5.82 Å². The van der Waals surface area contributed by atoms with Crippen LogP contribution in [0.4, 0.5) is 0 Å². The largest absolute Gasteiger partial charge is 0.309 e. The lowest BCUT2D eigenvalue weighted by Crippen LogP contribution is -2.21. The molecule has 0 N–H and O–H groups in total. The van der Waals surface area contributed by atoms with E-state index < -0.39 is 0 Å². The van der Waals surface area contributed by atoms with Gasteiger partial charge < -0.3 is 9.13 Å². The second-order valence-electron chi connectivity index (χ2n) is 25.1. The standard InChI is InChI=1S/C75H63N7/c1-73(2,3)50-44-58(69-57-31-16-21-36-65(57)79(68(69)45-50)51-24-10-9-11-25-51)48-23-22-26-52(42-48)80-61-32-17-14-30-56(61)60-43-49(38-40-66(60)80)75(7,8)46-47-37-39-67-59(41-47)55-29-15-20-35-64(55)82(67)72-77-70(74(4,5)6)76-71(78-72)81-62-33-18-12-27-53(62)54-28-13-19-34-63(54)81/h9-45H,46H2,1-8H3. The number of nitrogens with zero attached hydrogens (tertiary/aromatic N) is 7. The molecular formula is C75H63N7. The summed E-state index contributed by atoms with van der Waals surface area (Å²) < 4.78 is 9.35. The summed E-state index contributed by atoms with van der Waals surface area (Å²) in [5, 5.41) is 9.69. The van der Waals surface area contributed by atoms with E-state index in [1.807, 2.05) is 0 Å². The first-order valence-electron chi connectivity index (χ1n) is 28.7. The normalized spacial score (nSPS) is 12.7. The predicted molar refractivity (Wildman–Crippen MR) is 343 cm³/mol. The molecule has 398 valence electrons. The molecule has 5 aromatic heterocycles. The summed E-state index contributed by atoms with van der Waals surface area (Å²) in [6.45, 7) is 18.3. The molecule has 0 unspecified atom stereocenters. The Kier molecular flexibility index (Phi) is 11.0. The maximum atomic E-state index is 5.38. The van der Waals surface area contributed by atoms with Crippen molar-refractivity contribution in [1.82, 2.24) is 33.2 Å². The van der Waals surface area contributed by atoms with E-state index in [4.69, 9.17) is 15.0 Å². The molecule has 15 aromatic rings. The van der Waals surface area contributed by atoms with Crippen LogP contribution in [0, 0.1) is 0 Å². The minimum Gasteiger partial charge on any atom is -0.309 e. The molecule has 0 saturated carbocycles. The highest BCUT2D eigenvalue weighted by Gasteiger charge is 2.28. The molecule has 0 fully saturated rings. The lowest BCUT2D eigenvalue weighted by molar-refractivity contribution is 0.523. The van der Waals surface area contributed by atoms with E-state index in [0.717, 1.165) is 51.1 Å². The van der Waals surface area contributed by atoms with Crippen molar-refractivity contribution < 1.29 is 0 Å². The van der Waals surface area contributed by atoms with Crippen LogP contribution in [0.15, 0.2) is 224 Å². The molecule has 7 nitrogen and oxygen atoms in total. The van der Waals surface area contributed by atoms with Crippen molar-refractivity contribution in [3.05, 3.63) is 247 Å². The fourth-order valence-electron chi connectivity index (χ4n) is 13.1. The van der Waals surface area contributed by atoms with Crippen LogP contribution in [-0.2, 0) is 22.7 Å². The monoisotopic (exact) mass is 1060 g/mol. The van der Waals surface area contributed by atoms with E-state index >= 15 is 0 Å². The number of hydrogen-bond acceptors (Lipinski definition) is 3. The molecule has 0 saturated heterocycles. The van der Waals surface area contributed by atoms with Crippen molar-refractivity contribution in [1.29, 1.82) is 0 Å². The van der Waals surface area contributed by atoms with Gasteiger partial charge in [-0.25, -0.2) is 0 Å². The Morgan fingerprint density at radius 2 is 0.780 bits per heavy atom. The third-order valence-electron chi connectivity index (χ3n) is 17.2. The first-order chi connectivity index (χ1) is 39.7. The highest BCUT2D eigenvalue weighted by molar-refractivity contribution is 6.17. The van der Waals surface area contributed by atoms with E-state index in [1.54, 1.807) is 0 Å². The van der Waals surface area contributed by atoms with E-state index in [2.05, 4.69) is 298 Å². The van der Waals surface area contributed by atoms with Crippen molar-refractivity contribution in [3.63, 3.8) is 0 Å². The van der Waals surface area contributed by atoms with Gasteiger partial charge in [0.05, 0.1) is 44.1 Å². The second kappa shape index (κ2) is 18.2. The summed E-state index contributed by atoms with van der Waals surface area (Å²) in [7, 11) is 0. The molecule has 0 spiro atoms. The van der Waals surface area contributed by atoms with Gasteiger partial charge in [0.25, 0.3) is 0 Å². The van der Waals surface area contributed by atoms with Crippen molar-refractivity contribution >= 4 is 87.2 Å². The highest BCUT2D eigenvalue weighted by atomic mass is 15.3. The van der Waals surface area contributed by atoms with Gasteiger partial charge in [-0.2, -0.15) is 15.0 Å². The van der Waals surface area contributed by atoms with Crippen molar-refractivity contribution in [2.75, 3.05) is 0 Å². The molecule has 10 aromatic carbocycles. The Hall–Kier alpha value is -9.59. The molecule has 0 atom stereocenters. The number of aromatic nitrogens is 7. The third-order valence-corrected chi connectivity index (χ3v) is 17.2. The predicted octanol–water partition coefficient (Wildman–Crippen LogP) is 19.0. The van der Waals surface area contributed by atoms with Gasteiger partial charge in [-0.15, -0.1) is 0 Å². The van der Waals surface area contributed by atoms with E-state index in [-0.39, 0.29) is 16.2 Å². The summed E-state index contributed by atoms with van der Waals surface area (Å²) >= 11 is 0. The highest BCUT2D eigenvalue weighted by Crippen LogP contribution is 2.44. The number of para-hydroxylation sites is 6. The van der Waals surface area contributed by atoms with Crippen LogP contribution < -0.4 is 0 Å². The Bertz CT molecular complexity index is 5010. The van der Waals surface area contributed by atoms with Crippen LogP contribution in [0.25, 0.3) is 122 Å². The first-order valence-corrected chi connectivity index (χ1v) is 28.7. The zero-order valence-corrected chi connectivity index (χ0v) is 47.7. The zero-order chi connectivity index (χ0) is 55.8. The number of benzene rings is 10. The molecule has 0 aliphatic carbocycles. The van der Waals surface area contributed by atoms with E-state index in [9.17, 15) is 0 Å². The lowest BCUT2D eigenvalue weighted by Gasteiger charge is -2.26. The molecule has 0 radical (unpaired) electrons. The summed E-state index contributed by atoms with van der Waals surface area (Å²) in [5.41, 5.74) is 17.0. The number of rotatable bonds is 8. The molecule has 0 aliphatic heterocycles. The van der Waals surface area contributed by atoms with Crippen molar-refractivity contribution in [2.24, 2.45) is 0 Å². The molecule has 82 heavy (non-hydrogen) atoms. The first kappa shape index (κ1) is 49.5. The molecular weight excluding hydrogens is 999 g/mol. The molecule has 0 aliphatic rings. The van der Waals surface area contributed by atoms with Gasteiger partial charge in [-0.3, -0.25) is 9.13 Å². The second-order valence-corrected chi connectivity index (χ2v) is 25.1. The quantitative estimate of drug-likeness (QED) is 0.152. The molecule has 15 rings (SSSR count). The van der Waals surface area contributed by atoms with Crippen LogP contribution in [0.3, 0.4) is 0 Å². The van der Waals surface area contributed by atoms with Gasteiger partial charge in [0.2, 0.25) is 11.9 Å². The molecule has 0 bridgehead atoms. The van der Waals surface area contributed by atoms with Crippen LogP contribution in [0.1, 0.15) is 77.9 Å². The Morgan fingerprint density at radius 1 is 0.317 bits per heavy atom. The average molecular weight is 1060 g/mol. The number of hydrogen-bond donors (Lipinski definition) is 0. The van der Waals surface area contributed by atoms with Crippen molar-refractivity contribution in [2.45, 2.75) is 78.1 Å². The van der Waals surface area contributed by atoms with Crippen LogP contribution >= 0.6 is 0 Å². The Balaban J connectivity index is 0.821. The summed E-state index contributed by atoms with van der Waals surface area (Å²) in [5.74, 6) is 1.95. The van der Waals surface area contributed by atoms with Gasteiger partial charge >= 0.3 is 0 Å². The van der Waals surface area contributed by atoms with Crippen LogP contribution in [-0.4, -0.2) is 33.2 Å². The summed E-state index contributed by atoms with van der Waals surface area (Å²) in [6, 6.07) is 82.5. The minimum absolute atomic E-state index is 0.0713. The van der Waals surface area contributed by atoms with Gasteiger partial charge in [0, 0.05) is 59.9 Å². The van der Waals surface area contributed by atoms with E-state index in [1.165, 1.54) is 87.6 Å². The number of fused-ring (bicyclic) bond motifs is 12. The molecule has 5 heterocycles. The summed E-state index contributed by atoms with van der Waals surface area (Å²) in [4.78, 5) is 15.9. The molecule has 7 heteroatoms. The summed E-state index contributed by atoms with van der Waals surface area (Å²) in [6.07, 6.45) is 0.843. The average Bonchev–Trinajstić information content (AvgIpc) is 4.35. The maximum absolute atomic E-state index is 5.38. The van der Waals surface area contributed by atoms with Gasteiger partial charge in [-0.05, 0) is 136 Å². The van der Waals surface area contributed by atoms with Crippen LogP contribution in [0.2, 0.25) is 0 Å². The SMILES string of the molecule is CC(C)(C)c1cc(-c2cccc(-n3c4ccccc4c4cc(C(C)(C)Cc5ccc6c(c5)c5ccccc5n6-c5nc(-n6c7ccccc7c7ccccc76)nc(C(C)(C)C)n5)ccc43)c2)c2c3ccccc3n(-c3ccccc3)c2c1. The topological polar surface area (TPSA) is 58.4 Å². The molecule has 0 amide bonds. The van der Waals surface area contributed by atoms with Crippen LogP contribution in [0.5, 0.6) is 0 Å². The Labute approximate surface area is 477 Å². The lowest BCUT2D eigenvalue weighted by atomic mass is 9.78. The maximum Gasteiger partial charge on any atom is 0.239 e. The zero-order valence-electron chi connectivity index (χ0n) is 47.7.